The number of carbonyl (C=O) groups excluding carboxylic acids is 1. The zero-order valence-electron chi connectivity index (χ0n) is 60.9. The van der Waals surface area contributed by atoms with Gasteiger partial charge in [-0.3, -0.25) is 9.59 Å². The molecular weight excluding hydrogens is 1140 g/mol. The fraction of sp³-hybridized carbons (Fsp3) is 0.714. The number of esters is 1. The largest absolute Gasteiger partial charge is 0.480 e. The van der Waals surface area contributed by atoms with Crippen molar-refractivity contribution in [2.24, 2.45) is 0 Å². The molecule has 0 aliphatic carbocycles. The first-order valence-corrected chi connectivity index (χ1v) is 39.1. The van der Waals surface area contributed by atoms with Gasteiger partial charge in [0.15, 0.2) is 0 Å². The van der Waals surface area contributed by atoms with E-state index >= 15 is 0 Å². The fourth-order valence-corrected chi connectivity index (χ4v) is 11.2. The second-order valence-electron chi connectivity index (χ2n) is 26.1. The molecule has 0 atom stereocenters. The third kappa shape index (κ3) is 72.9. The lowest BCUT2D eigenvalue weighted by Gasteiger charge is -2.18. The molecular formula is C84H146N4O5. The van der Waals surface area contributed by atoms with E-state index in [0.717, 1.165) is 64.2 Å². The zero-order valence-corrected chi connectivity index (χ0v) is 60.9. The highest BCUT2D eigenvalue weighted by Crippen LogP contribution is 2.20. The number of allylic oxidation sites excluding steroid dienone is 16. The van der Waals surface area contributed by atoms with E-state index in [9.17, 15) is 14.7 Å². The summed E-state index contributed by atoms with van der Waals surface area (Å²) >= 11 is 0. The number of carbonyl (C=O) groups is 2. The van der Waals surface area contributed by atoms with Crippen molar-refractivity contribution in [3.63, 3.8) is 0 Å². The number of hydrogen-bond donors (Lipinski definition) is 2. The molecule has 9 heteroatoms. The number of aliphatic carboxylic acids is 1. The van der Waals surface area contributed by atoms with Gasteiger partial charge in [0.2, 0.25) is 0 Å². The van der Waals surface area contributed by atoms with Gasteiger partial charge in [-0.1, -0.05) is 292 Å². The molecule has 0 aromatic carbocycles. The van der Waals surface area contributed by atoms with Crippen LogP contribution in [0.5, 0.6) is 0 Å². The van der Waals surface area contributed by atoms with Crippen molar-refractivity contribution < 1.29 is 24.5 Å². The Hall–Kier alpha value is -4.76. The molecule has 93 heavy (non-hydrogen) atoms. The number of aromatic nitrogens is 4. The molecule has 0 bridgehead atoms. The summed E-state index contributed by atoms with van der Waals surface area (Å²) in [5, 5.41) is 18.5. The van der Waals surface area contributed by atoms with Gasteiger partial charge >= 0.3 is 11.9 Å². The van der Waals surface area contributed by atoms with E-state index in [1.165, 1.54) is 281 Å². The summed E-state index contributed by atoms with van der Waals surface area (Å²) in [5.41, 5.74) is 0. The first-order chi connectivity index (χ1) is 45.9. The molecule has 2 N–H and O–H groups in total. The lowest BCUT2D eigenvalue weighted by atomic mass is 10.0. The van der Waals surface area contributed by atoms with Crippen LogP contribution in [-0.4, -0.2) is 53.5 Å². The maximum atomic E-state index is 12.6. The summed E-state index contributed by atoms with van der Waals surface area (Å²) in [6, 6.07) is 0. The van der Waals surface area contributed by atoms with Gasteiger partial charge in [-0.05, 0) is 167 Å². The van der Waals surface area contributed by atoms with Gasteiger partial charge in [0.05, 0.1) is 18.8 Å². The van der Waals surface area contributed by atoms with E-state index < -0.39 is 5.97 Å². The van der Waals surface area contributed by atoms with Crippen molar-refractivity contribution in [2.75, 3.05) is 0 Å². The van der Waals surface area contributed by atoms with E-state index in [1.54, 1.807) is 29.5 Å². The maximum Gasteiger partial charge on any atom is 0.326 e. The molecule has 2 aromatic rings. The monoisotopic (exact) mass is 1290 g/mol. The van der Waals surface area contributed by atoms with Crippen molar-refractivity contribution in [1.82, 2.24) is 19.1 Å². The van der Waals surface area contributed by atoms with Crippen molar-refractivity contribution in [3.8, 4) is 0 Å². The van der Waals surface area contributed by atoms with Gasteiger partial charge in [-0.15, -0.1) is 0 Å². The number of imidazole rings is 2. The van der Waals surface area contributed by atoms with Crippen LogP contribution in [0.3, 0.4) is 0 Å². The van der Waals surface area contributed by atoms with Gasteiger partial charge in [0.1, 0.15) is 19.2 Å². The molecule has 9 nitrogen and oxygen atoms in total. The Morgan fingerprint density at radius 1 is 0.344 bits per heavy atom. The predicted octanol–water partition coefficient (Wildman–Crippen LogP) is 25.9. The second kappa shape index (κ2) is 76.3. The molecule has 0 unspecified atom stereocenters. The van der Waals surface area contributed by atoms with Crippen LogP contribution in [0.15, 0.2) is 135 Å². The number of carboxylic acid groups (broad SMARTS) is 1. The minimum atomic E-state index is -0.854. The number of aliphatic hydroxyl groups is 1. The second-order valence-corrected chi connectivity index (χ2v) is 26.1. The molecule has 0 saturated heterocycles. The number of ether oxygens (including phenoxy) is 1. The zero-order chi connectivity index (χ0) is 67.3. The summed E-state index contributed by atoms with van der Waals surface area (Å²) < 4.78 is 9.24. The molecule has 0 radical (unpaired) electrons. The van der Waals surface area contributed by atoms with Gasteiger partial charge in [-0.25, -0.2) is 9.97 Å². The third-order valence-electron chi connectivity index (χ3n) is 17.0. The summed E-state index contributed by atoms with van der Waals surface area (Å²) in [5.74, 6) is -0.990. The van der Waals surface area contributed by atoms with E-state index in [1.807, 2.05) is 6.20 Å². The van der Waals surface area contributed by atoms with Crippen molar-refractivity contribution in [2.45, 2.75) is 387 Å². The normalized spacial score (nSPS) is 12.1. The quantitative estimate of drug-likeness (QED) is 0.0385. The Kier molecular flexibility index (Phi) is 72.4. The Morgan fingerprint density at radius 2 is 0.591 bits per heavy atom. The molecule has 0 aliphatic rings. The summed E-state index contributed by atoms with van der Waals surface area (Å²) in [6.07, 6.45) is 112. The standard InChI is InChI=1S/C42H72N2O2.C37H68O.C5H6N2O2/c1-3-5-7-9-11-13-15-17-19-21-23-25-27-29-31-33-35-41(46-42(45)39-44-38-37-43-40-44)36-34-32-30-28-26-24-22-20-18-16-14-12-10-8-6-4-2;1-3-5-7-9-11-13-15-17-19-21-23-25-27-29-31-33-35-37(38)36-34-32-30-28-26-24-22-20-18-16-14-12-10-8-6-4-2;8-5(9)3-7-2-1-6-4-7/h11-14,17-20,37-38,40-41H,3-10,15-16,21-36,39H2,1-2H3;11-14,17-20,37-38H,3-10,15-16,21-36H2,1-2H3;1-2,4H,3H2,(H,8,9)/b2*13-11-,14-12-,19-17-,20-18-;. The number of aliphatic hydroxyl groups excluding tert-OH is 1. The highest BCUT2D eigenvalue weighted by Gasteiger charge is 2.15. The van der Waals surface area contributed by atoms with Crippen molar-refractivity contribution in [3.05, 3.63) is 135 Å². The average molecular weight is 1290 g/mol. The number of unbranched alkanes of at least 4 members (excludes halogenated alkanes) is 36. The van der Waals surface area contributed by atoms with Crippen LogP contribution >= 0.6 is 0 Å². The first-order valence-electron chi connectivity index (χ1n) is 39.1. The Morgan fingerprint density at radius 3 is 0.849 bits per heavy atom. The van der Waals surface area contributed by atoms with Gasteiger partial charge in [0, 0.05) is 24.8 Å². The molecule has 0 fully saturated rings. The summed E-state index contributed by atoms with van der Waals surface area (Å²) in [6.45, 7) is 9.28. The fourth-order valence-electron chi connectivity index (χ4n) is 11.2. The molecule has 2 aromatic heterocycles. The SMILES string of the molecule is CCCCC/C=C\C/C=C\CCCCCCCCC(CCCCCCCC/C=C\C/C=C\CCCCC)OC(=O)Cn1ccnc1.CCCCC/C=C\C/C=C\CCCCCCCCC(O)CCCCCCCC/C=C\C/C=C\CCCCC.O=C(O)Cn1ccnc1. The molecule has 0 amide bonds. The summed E-state index contributed by atoms with van der Waals surface area (Å²) in [4.78, 5) is 30.3. The van der Waals surface area contributed by atoms with Gasteiger partial charge in [0.25, 0.3) is 0 Å². The Bertz CT molecular complexity index is 1950. The van der Waals surface area contributed by atoms with Gasteiger partial charge in [-0.2, -0.15) is 0 Å². The number of rotatable bonds is 65. The minimum Gasteiger partial charge on any atom is -0.480 e. The minimum absolute atomic E-state index is 0.0139. The number of nitrogens with zero attached hydrogens (tertiary/aromatic N) is 4. The van der Waals surface area contributed by atoms with Crippen LogP contribution in [0.2, 0.25) is 0 Å². The highest BCUT2D eigenvalue weighted by atomic mass is 16.5. The molecule has 2 heterocycles. The van der Waals surface area contributed by atoms with Crippen LogP contribution in [0.1, 0.15) is 362 Å². The Labute approximate surface area is 574 Å². The highest BCUT2D eigenvalue weighted by molar-refractivity contribution is 5.69. The Balaban J connectivity index is 0.00000162. The number of carboxylic acids is 1. The molecule has 0 saturated carbocycles. The van der Waals surface area contributed by atoms with Gasteiger partial charge < -0.3 is 24.1 Å². The summed E-state index contributed by atoms with van der Waals surface area (Å²) in [7, 11) is 0. The molecule has 0 spiro atoms. The van der Waals surface area contributed by atoms with Crippen LogP contribution in [0.4, 0.5) is 0 Å². The lowest BCUT2D eigenvalue weighted by Crippen LogP contribution is -2.21. The molecule has 0 aliphatic heterocycles. The maximum absolute atomic E-state index is 12.6. The van der Waals surface area contributed by atoms with Crippen LogP contribution < -0.4 is 0 Å². The van der Waals surface area contributed by atoms with Crippen molar-refractivity contribution in [1.29, 1.82) is 0 Å². The third-order valence-corrected chi connectivity index (χ3v) is 17.0. The smallest absolute Gasteiger partial charge is 0.326 e. The predicted molar refractivity (Wildman–Crippen MR) is 404 cm³/mol. The van der Waals surface area contributed by atoms with E-state index in [2.05, 4.69) is 135 Å². The number of hydrogen-bond acceptors (Lipinski definition) is 6. The van der Waals surface area contributed by atoms with E-state index in [0.29, 0.717) is 0 Å². The molecule has 532 valence electrons. The first kappa shape index (κ1) is 88.2. The van der Waals surface area contributed by atoms with Crippen molar-refractivity contribution >= 4 is 11.9 Å². The topological polar surface area (TPSA) is 119 Å². The van der Waals surface area contributed by atoms with Crippen LogP contribution in [0, 0.1) is 0 Å². The lowest BCUT2D eigenvalue weighted by molar-refractivity contribution is -0.150. The molecule has 2 rings (SSSR count). The van der Waals surface area contributed by atoms with Crippen LogP contribution in [0.25, 0.3) is 0 Å². The van der Waals surface area contributed by atoms with E-state index in [4.69, 9.17) is 9.84 Å². The van der Waals surface area contributed by atoms with E-state index in [-0.39, 0.29) is 31.3 Å². The average Bonchev–Trinajstić information content (AvgIpc) is 4.53. The van der Waals surface area contributed by atoms with Crippen LogP contribution in [-0.2, 0) is 27.4 Å².